The average molecular weight is 515 g/mol. The van der Waals surface area contributed by atoms with Gasteiger partial charge in [0.2, 0.25) is 0 Å². The van der Waals surface area contributed by atoms with Crippen molar-refractivity contribution in [2.24, 2.45) is 64.1 Å². The van der Waals surface area contributed by atoms with Gasteiger partial charge in [0.15, 0.2) is 0 Å². The van der Waals surface area contributed by atoms with E-state index in [9.17, 15) is 0 Å². The summed E-state index contributed by atoms with van der Waals surface area (Å²) in [6, 6.07) is 0. The standard InChI is InChI=1S/C36H66O/c1-25-15-19-29-30-20-18-27(34(2,3)4)24-32(30)33(31(29)22-25)36(8,9)28-17-16-26(23-28)14-12-10-11-13-21-37-35(5,6)7/h25-33H,10-24H2,1-9H3. The molecule has 9 unspecified atom stereocenters. The molecule has 4 aliphatic carbocycles. The van der Waals surface area contributed by atoms with Gasteiger partial charge in [0, 0.05) is 6.61 Å². The molecule has 0 aliphatic heterocycles. The van der Waals surface area contributed by atoms with Gasteiger partial charge >= 0.3 is 0 Å². The van der Waals surface area contributed by atoms with Gasteiger partial charge in [-0.1, -0.05) is 80.1 Å². The van der Waals surface area contributed by atoms with Crippen molar-refractivity contribution in [1.82, 2.24) is 0 Å². The largest absolute Gasteiger partial charge is 0.376 e. The molecule has 0 aromatic carbocycles. The minimum Gasteiger partial charge on any atom is -0.376 e. The maximum absolute atomic E-state index is 5.92. The summed E-state index contributed by atoms with van der Waals surface area (Å²) >= 11 is 0. The zero-order chi connectivity index (χ0) is 27.0. The van der Waals surface area contributed by atoms with E-state index in [-0.39, 0.29) is 5.60 Å². The van der Waals surface area contributed by atoms with Crippen LogP contribution in [0.3, 0.4) is 0 Å². The van der Waals surface area contributed by atoms with Crippen molar-refractivity contribution in [2.45, 2.75) is 158 Å². The molecule has 0 amide bonds. The van der Waals surface area contributed by atoms with Crippen LogP contribution in [0.1, 0.15) is 152 Å². The van der Waals surface area contributed by atoms with Crippen LogP contribution in [0.5, 0.6) is 0 Å². The van der Waals surface area contributed by atoms with E-state index < -0.39 is 0 Å². The second-order valence-corrected chi connectivity index (χ2v) is 17.3. The highest BCUT2D eigenvalue weighted by Gasteiger charge is 2.59. The molecule has 37 heavy (non-hydrogen) atoms. The lowest BCUT2D eigenvalue weighted by molar-refractivity contribution is -0.00479. The third kappa shape index (κ3) is 7.19. The van der Waals surface area contributed by atoms with E-state index in [1.54, 1.807) is 25.7 Å². The molecule has 0 bridgehead atoms. The van der Waals surface area contributed by atoms with E-state index >= 15 is 0 Å². The highest BCUT2D eigenvalue weighted by Crippen LogP contribution is 2.66. The third-order valence-electron chi connectivity index (χ3n) is 12.4. The number of hydrogen-bond acceptors (Lipinski definition) is 1. The highest BCUT2D eigenvalue weighted by molar-refractivity contribution is 5.08. The van der Waals surface area contributed by atoms with Crippen molar-refractivity contribution in [3.05, 3.63) is 0 Å². The first-order chi connectivity index (χ1) is 17.3. The van der Waals surface area contributed by atoms with Crippen LogP contribution >= 0.6 is 0 Å². The number of ether oxygens (including phenoxy) is 1. The van der Waals surface area contributed by atoms with Crippen LogP contribution in [0, 0.1) is 64.1 Å². The molecule has 0 heterocycles. The fourth-order valence-corrected chi connectivity index (χ4v) is 10.3. The Morgan fingerprint density at radius 1 is 0.595 bits per heavy atom. The average Bonchev–Trinajstić information content (AvgIpc) is 3.39. The molecule has 1 heteroatoms. The Bertz CT molecular complexity index is 707. The van der Waals surface area contributed by atoms with Gasteiger partial charge < -0.3 is 4.74 Å². The maximum atomic E-state index is 5.92. The number of unbranched alkanes of at least 4 members (excludes halogenated alkanes) is 3. The molecule has 0 spiro atoms. The minimum absolute atomic E-state index is 0.0198. The molecular formula is C36H66O. The summed E-state index contributed by atoms with van der Waals surface area (Å²) in [5.74, 6) is 9.02. The van der Waals surface area contributed by atoms with Crippen LogP contribution in [-0.4, -0.2) is 12.2 Å². The summed E-state index contributed by atoms with van der Waals surface area (Å²) in [4.78, 5) is 0. The summed E-state index contributed by atoms with van der Waals surface area (Å²) in [5, 5.41) is 0. The Balaban J connectivity index is 1.34. The van der Waals surface area contributed by atoms with Crippen molar-refractivity contribution in [1.29, 1.82) is 0 Å². The maximum Gasteiger partial charge on any atom is 0.0598 e. The lowest BCUT2D eigenvalue weighted by atomic mass is 9.57. The van der Waals surface area contributed by atoms with E-state index in [2.05, 4.69) is 62.3 Å². The molecule has 4 aliphatic rings. The van der Waals surface area contributed by atoms with Gasteiger partial charge in [-0.15, -0.1) is 0 Å². The van der Waals surface area contributed by atoms with Gasteiger partial charge in [-0.05, 0) is 136 Å². The molecule has 0 aromatic rings. The monoisotopic (exact) mass is 515 g/mol. The van der Waals surface area contributed by atoms with Gasteiger partial charge in [-0.3, -0.25) is 0 Å². The molecule has 1 nitrogen and oxygen atoms in total. The first-order valence-corrected chi connectivity index (χ1v) is 16.9. The second-order valence-electron chi connectivity index (χ2n) is 17.3. The Kier molecular flexibility index (Phi) is 9.57. The number of hydrogen-bond donors (Lipinski definition) is 0. The zero-order valence-electron chi connectivity index (χ0n) is 26.7. The third-order valence-corrected chi connectivity index (χ3v) is 12.4. The van der Waals surface area contributed by atoms with Gasteiger partial charge in [-0.2, -0.15) is 0 Å². The lowest BCUT2D eigenvalue weighted by Gasteiger charge is -2.48. The molecule has 0 radical (unpaired) electrons. The van der Waals surface area contributed by atoms with Crippen molar-refractivity contribution in [3.63, 3.8) is 0 Å². The summed E-state index contributed by atoms with van der Waals surface area (Å²) < 4.78 is 5.92. The Hall–Kier alpha value is -0.0400. The summed E-state index contributed by atoms with van der Waals surface area (Å²) in [5.41, 5.74) is 1.03. The van der Waals surface area contributed by atoms with Crippen LogP contribution in [-0.2, 0) is 4.74 Å². The van der Waals surface area contributed by atoms with Gasteiger partial charge in [0.05, 0.1) is 5.60 Å². The summed E-state index contributed by atoms with van der Waals surface area (Å²) in [6.45, 7) is 23.1. The fraction of sp³-hybridized carbons (Fsp3) is 1.00. The molecule has 4 fully saturated rings. The molecule has 216 valence electrons. The molecule has 0 saturated heterocycles. The molecular weight excluding hydrogens is 448 g/mol. The van der Waals surface area contributed by atoms with E-state index in [0.717, 1.165) is 59.9 Å². The molecule has 0 N–H and O–H groups in total. The normalized spacial score (nSPS) is 39.0. The Morgan fingerprint density at radius 3 is 1.89 bits per heavy atom. The van der Waals surface area contributed by atoms with Crippen LogP contribution < -0.4 is 0 Å². The second kappa shape index (κ2) is 11.8. The first kappa shape index (κ1) is 29.9. The van der Waals surface area contributed by atoms with Gasteiger partial charge in [0.25, 0.3) is 0 Å². The predicted molar refractivity (Wildman–Crippen MR) is 161 cm³/mol. The molecule has 4 rings (SSSR count). The van der Waals surface area contributed by atoms with Crippen molar-refractivity contribution in [2.75, 3.05) is 6.61 Å². The lowest BCUT2D eigenvalue weighted by Crippen LogP contribution is -2.41. The molecule has 0 aromatic heterocycles. The van der Waals surface area contributed by atoms with Crippen molar-refractivity contribution >= 4 is 0 Å². The smallest absolute Gasteiger partial charge is 0.0598 e. The molecule has 9 atom stereocenters. The van der Waals surface area contributed by atoms with Crippen LogP contribution in [0.15, 0.2) is 0 Å². The van der Waals surface area contributed by atoms with E-state index in [1.165, 1.54) is 64.2 Å². The number of rotatable bonds is 9. The minimum atomic E-state index is 0.0198. The van der Waals surface area contributed by atoms with Gasteiger partial charge in [-0.25, -0.2) is 0 Å². The first-order valence-electron chi connectivity index (χ1n) is 16.9. The fourth-order valence-electron chi connectivity index (χ4n) is 10.3. The molecule has 4 saturated carbocycles. The quantitative estimate of drug-likeness (QED) is 0.278. The predicted octanol–water partition coefficient (Wildman–Crippen LogP) is 11.0. The SMILES string of the molecule is CC1CCC2C3CCC(C(C)(C)C)CC3C(C(C)(C)C3CCC(CCCCCCOC(C)(C)C)C3)C2C1. The summed E-state index contributed by atoms with van der Waals surface area (Å²) in [7, 11) is 0. The summed E-state index contributed by atoms with van der Waals surface area (Å²) in [6.07, 6.45) is 20.7. The van der Waals surface area contributed by atoms with E-state index in [0.29, 0.717) is 10.8 Å². The number of fused-ring (bicyclic) bond motifs is 3. The van der Waals surface area contributed by atoms with Crippen LogP contribution in [0.2, 0.25) is 0 Å². The van der Waals surface area contributed by atoms with E-state index in [1.807, 2.05) is 0 Å². The zero-order valence-corrected chi connectivity index (χ0v) is 26.7. The topological polar surface area (TPSA) is 9.23 Å². The van der Waals surface area contributed by atoms with Crippen LogP contribution in [0.25, 0.3) is 0 Å². The van der Waals surface area contributed by atoms with Crippen LogP contribution in [0.4, 0.5) is 0 Å². The van der Waals surface area contributed by atoms with Crippen molar-refractivity contribution < 1.29 is 4.74 Å². The van der Waals surface area contributed by atoms with E-state index in [4.69, 9.17) is 4.74 Å². The Morgan fingerprint density at radius 2 is 1.22 bits per heavy atom. The van der Waals surface area contributed by atoms with Crippen molar-refractivity contribution in [3.8, 4) is 0 Å². The van der Waals surface area contributed by atoms with Gasteiger partial charge in [0.1, 0.15) is 0 Å². The highest BCUT2D eigenvalue weighted by atomic mass is 16.5. The Labute approximate surface area is 233 Å².